The number of aliphatic hydroxyl groups is 1. The van der Waals surface area contributed by atoms with Crippen molar-refractivity contribution < 1.29 is 46.6 Å². The highest BCUT2D eigenvalue weighted by Gasteiger charge is 2.56. The minimum atomic E-state index is -5.05. The summed E-state index contributed by atoms with van der Waals surface area (Å²) in [6.45, 7) is -0.763. The van der Waals surface area contributed by atoms with E-state index >= 15 is 0 Å². The molecule has 2 aliphatic heterocycles. The highest BCUT2D eigenvalue weighted by atomic mass is 19.4. The van der Waals surface area contributed by atoms with Gasteiger partial charge in [-0.1, -0.05) is 24.3 Å². The predicted octanol–water partition coefficient (Wildman–Crippen LogP) is 2.09. The minimum Gasteiger partial charge on any atom is -0.383 e. The van der Waals surface area contributed by atoms with Crippen molar-refractivity contribution in [2.24, 2.45) is 11.3 Å². The van der Waals surface area contributed by atoms with E-state index in [1.54, 1.807) is 12.2 Å². The molecule has 1 saturated carbocycles. The van der Waals surface area contributed by atoms with Crippen molar-refractivity contribution in [1.29, 1.82) is 0 Å². The van der Waals surface area contributed by atoms with E-state index in [1.165, 1.54) is 29.2 Å². The third kappa shape index (κ3) is 7.66. The number of ether oxygens (including phenoxy) is 1. The lowest BCUT2D eigenvalue weighted by atomic mass is 9.95. The Balaban J connectivity index is 1.42. The van der Waals surface area contributed by atoms with Gasteiger partial charge in [-0.3, -0.25) is 23.9 Å². The SMILES string of the molecule is O=C1NCC[C@H]1C[C@H](NC(=O)[C@@H]1CC2(CC2)CN1C(=O)[C@H](O)C/C=C/c1ccc(F)cc1)C(=O)COC(F)(F)F. The fourth-order valence-corrected chi connectivity index (χ4v) is 5.21. The second-order valence-electron chi connectivity index (χ2n) is 10.7. The Hall–Kier alpha value is -3.32. The number of Topliss-reactive ketones (excluding diaryl/α,β-unsaturated/α-hetero) is 1. The third-order valence-electron chi connectivity index (χ3n) is 7.64. The summed E-state index contributed by atoms with van der Waals surface area (Å²) in [5, 5.41) is 15.6. The summed E-state index contributed by atoms with van der Waals surface area (Å²) in [6, 6.07) is 3.14. The molecule has 0 aromatic heterocycles. The Morgan fingerprint density at radius 3 is 2.52 bits per heavy atom. The van der Waals surface area contributed by atoms with Crippen molar-refractivity contribution in [1.82, 2.24) is 15.5 Å². The molecule has 3 amide bonds. The Bertz CT molecular complexity index is 1150. The molecule has 1 aromatic carbocycles. The molecule has 4 rings (SSSR count). The van der Waals surface area contributed by atoms with Gasteiger partial charge in [-0.2, -0.15) is 0 Å². The highest BCUT2D eigenvalue weighted by Crippen LogP contribution is 2.55. The second kappa shape index (κ2) is 12.0. The van der Waals surface area contributed by atoms with E-state index in [9.17, 15) is 41.8 Å². The van der Waals surface area contributed by atoms with Crippen LogP contribution in [0.2, 0.25) is 0 Å². The van der Waals surface area contributed by atoms with Crippen LogP contribution in [0.25, 0.3) is 6.08 Å². The van der Waals surface area contributed by atoms with E-state index in [0.717, 1.165) is 12.8 Å². The summed E-state index contributed by atoms with van der Waals surface area (Å²) in [5.74, 6) is -3.92. The molecule has 218 valence electrons. The average molecular weight is 570 g/mol. The molecule has 3 aliphatic rings. The number of nitrogens with zero attached hydrogens (tertiary/aromatic N) is 1. The number of likely N-dealkylation sites (tertiary alicyclic amines) is 1. The van der Waals surface area contributed by atoms with Gasteiger partial charge in [0, 0.05) is 25.4 Å². The maximum absolute atomic E-state index is 13.3. The van der Waals surface area contributed by atoms with E-state index in [4.69, 9.17) is 0 Å². The van der Waals surface area contributed by atoms with Crippen LogP contribution < -0.4 is 10.6 Å². The number of hydrogen-bond acceptors (Lipinski definition) is 6. The van der Waals surface area contributed by atoms with Crippen molar-refractivity contribution in [3.63, 3.8) is 0 Å². The average Bonchev–Trinajstić information content (AvgIpc) is 3.36. The van der Waals surface area contributed by atoms with Gasteiger partial charge in [0.2, 0.25) is 11.8 Å². The number of ketones is 1. The molecule has 0 unspecified atom stereocenters. The Kier molecular flexibility index (Phi) is 8.93. The van der Waals surface area contributed by atoms with Gasteiger partial charge in [-0.15, -0.1) is 13.2 Å². The largest absolute Gasteiger partial charge is 0.522 e. The summed E-state index contributed by atoms with van der Waals surface area (Å²) in [7, 11) is 0. The monoisotopic (exact) mass is 569 g/mol. The van der Waals surface area contributed by atoms with E-state index in [0.29, 0.717) is 18.5 Å². The number of carbonyl (C=O) groups is 4. The zero-order valence-electron chi connectivity index (χ0n) is 21.6. The highest BCUT2D eigenvalue weighted by molar-refractivity contribution is 5.95. The van der Waals surface area contributed by atoms with Crippen LogP contribution in [0.15, 0.2) is 30.3 Å². The fourth-order valence-electron chi connectivity index (χ4n) is 5.21. The number of nitrogens with one attached hydrogen (secondary N) is 2. The number of rotatable bonds is 11. The maximum atomic E-state index is 13.3. The first-order valence-electron chi connectivity index (χ1n) is 13.1. The molecular formula is C27H31F4N3O6. The Morgan fingerprint density at radius 1 is 1.23 bits per heavy atom. The van der Waals surface area contributed by atoms with Crippen LogP contribution in [0, 0.1) is 17.2 Å². The fraction of sp³-hybridized carbons (Fsp3) is 0.556. The van der Waals surface area contributed by atoms with Crippen molar-refractivity contribution in [2.75, 3.05) is 19.7 Å². The number of hydrogen-bond donors (Lipinski definition) is 3. The molecule has 1 aliphatic carbocycles. The van der Waals surface area contributed by atoms with E-state index in [1.807, 2.05) is 0 Å². The molecule has 0 bridgehead atoms. The van der Waals surface area contributed by atoms with Crippen molar-refractivity contribution >= 4 is 29.6 Å². The molecular weight excluding hydrogens is 538 g/mol. The van der Waals surface area contributed by atoms with Gasteiger partial charge in [0.05, 0.1) is 6.04 Å². The first-order chi connectivity index (χ1) is 18.9. The Labute approximate surface area is 227 Å². The molecule has 1 spiro atoms. The van der Waals surface area contributed by atoms with Crippen LogP contribution >= 0.6 is 0 Å². The smallest absolute Gasteiger partial charge is 0.383 e. The van der Waals surface area contributed by atoms with Crippen LogP contribution in [0.1, 0.15) is 44.1 Å². The zero-order chi connectivity index (χ0) is 29.1. The number of benzene rings is 1. The van der Waals surface area contributed by atoms with Crippen LogP contribution in [0.3, 0.4) is 0 Å². The normalized spacial score (nSPS) is 23.3. The molecule has 9 nitrogen and oxygen atoms in total. The molecule has 4 atom stereocenters. The van der Waals surface area contributed by atoms with Gasteiger partial charge in [-0.05, 0) is 55.2 Å². The summed E-state index contributed by atoms with van der Waals surface area (Å²) in [5.41, 5.74) is 0.378. The number of halogens is 4. The molecule has 2 saturated heterocycles. The van der Waals surface area contributed by atoms with Crippen LogP contribution in [0.5, 0.6) is 0 Å². The van der Waals surface area contributed by atoms with Crippen molar-refractivity contribution in [2.45, 2.75) is 63.1 Å². The minimum absolute atomic E-state index is 0.0687. The number of carbonyl (C=O) groups excluding carboxylic acids is 4. The van der Waals surface area contributed by atoms with Gasteiger partial charge in [0.15, 0.2) is 5.78 Å². The van der Waals surface area contributed by atoms with Gasteiger partial charge >= 0.3 is 6.36 Å². The Morgan fingerprint density at radius 2 is 1.93 bits per heavy atom. The standard InChI is InChI=1S/C27H31F4N3O6/c28-18-6-4-16(5-7-18)2-1-3-21(35)25(39)34-15-26(9-10-26)13-20(34)24(38)33-19(12-17-8-11-32-23(17)37)22(36)14-40-27(29,30)31/h1-2,4-7,17,19-21,35H,3,8-15H2,(H,32,37)(H,33,38)/b2-1+/t17-,19-,20-,21+/m0/s1. The zero-order valence-corrected chi connectivity index (χ0v) is 21.6. The molecule has 3 N–H and O–H groups in total. The van der Waals surface area contributed by atoms with Gasteiger partial charge in [-0.25, -0.2) is 4.39 Å². The lowest BCUT2D eigenvalue weighted by molar-refractivity contribution is -0.321. The quantitative estimate of drug-likeness (QED) is 0.351. The van der Waals surface area contributed by atoms with Crippen LogP contribution in [-0.2, 0) is 23.9 Å². The molecule has 0 radical (unpaired) electrons. The van der Waals surface area contributed by atoms with Gasteiger partial charge in [0.25, 0.3) is 5.91 Å². The van der Waals surface area contributed by atoms with Crippen molar-refractivity contribution in [3.8, 4) is 0 Å². The molecule has 1 aromatic rings. The molecule has 2 heterocycles. The number of aliphatic hydroxyl groups excluding tert-OH is 1. The van der Waals surface area contributed by atoms with Crippen LogP contribution in [-0.4, -0.2) is 77.8 Å². The second-order valence-corrected chi connectivity index (χ2v) is 10.7. The van der Waals surface area contributed by atoms with Crippen LogP contribution in [0.4, 0.5) is 17.6 Å². The molecule has 3 fully saturated rings. The molecule has 40 heavy (non-hydrogen) atoms. The number of alkyl halides is 3. The summed E-state index contributed by atoms with van der Waals surface area (Å²) in [4.78, 5) is 52.4. The summed E-state index contributed by atoms with van der Waals surface area (Å²) >= 11 is 0. The summed E-state index contributed by atoms with van der Waals surface area (Å²) in [6.07, 6.45) is -1.46. The van der Waals surface area contributed by atoms with Gasteiger partial charge in [0.1, 0.15) is 24.6 Å². The molecule has 13 heteroatoms. The van der Waals surface area contributed by atoms with Gasteiger partial charge < -0.3 is 20.6 Å². The topological polar surface area (TPSA) is 125 Å². The van der Waals surface area contributed by atoms with E-state index in [2.05, 4.69) is 15.4 Å². The van der Waals surface area contributed by atoms with Crippen molar-refractivity contribution in [3.05, 3.63) is 41.7 Å². The van der Waals surface area contributed by atoms with E-state index < -0.39 is 60.5 Å². The maximum Gasteiger partial charge on any atom is 0.522 e. The first-order valence-corrected chi connectivity index (χ1v) is 13.1. The lowest BCUT2D eigenvalue weighted by Crippen LogP contribution is -2.53. The first kappa shape index (κ1) is 29.7. The predicted molar refractivity (Wildman–Crippen MR) is 133 cm³/mol. The summed E-state index contributed by atoms with van der Waals surface area (Å²) < 4.78 is 54.4. The lowest BCUT2D eigenvalue weighted by Gasteiger charge is -2.28. The number of amides is 3. The van der Waals surface area contributed by atoms with E-state index in [-0.39, 0.29) is 37.1 Å². The third-order valence-corrected chi connectivity index (χ3v) is 7.64.